The predicted octanol–water partition coefficient (Wildman–Crippen LogP) is 2.69. The van der Waals surface area contributed by atoms with Gasteiger partial charge in [-0.25, -0.2) is 9.97 Å². The molecule has 0 amide bonds. The minimum absolute atomic E-state index is 0.783. The van der Waals surface area contributed by atoms with E-state index in [4.69, 9.17) is 0 Å². The molecule has 4 nitrogen and oxygen atoms in total. The smallest absolute Gasteiger partial charge is 0.130 e. The van der Waals surface area contributed by atoms with Gasteiger partial charge in [0.05, 0.1) is 0 Å². The van der Waals surface area contributed by atoms with Crippen LogP contribution in [0.2, 0.25) is 0 Å². The maximum Gasteiger partial charge on any atom is 0.130 e. The molecule has 0 saturated carbocycles. The maximum absolute atomic E-state index is 4.33. The van der Waals surface area contributed by atoms with Gasteiger partial charge in [0.1, 0.15) is 16.2 Å². The second kappa shape index (κ2) is 7.61. The highest BCUT2D eigenvalue weighted by Gasteiger charge is 2.00. The Morgan fingerprint density at radius 1 is 1.29 bits per heavy atom. The summed E-state index contributed by atoms with van der Waals surface area (Å²) in [6.45, 7) is 10.6. The fourth-order valence-corrected chi connectivity index (χ4v) is 2.15. The summed E-state index contributed by atoms with van der Waals surface area (Å²) in [7, 11) is 0. The molecule has 0 aliphatic carbocycles. The summed E-state index contributed by atoms with van der Waals surface area (Å²) in [6, 6.07) is 1.91. The highest BCUT2D eigenvalue weighted by molar-refractivity contribution is 9.10. The molecule has 0 radical (unpaired) electrons. The van der Waals surface area contributed by atoms with E-state index in [-0.39, 0.29) is 0 Å². The predicted molar refractivity (Wildman–Crippen MR) is 75.4 cm³/mol. The van der Waals surface area contributed by atoms with Gasteiger partial charge in [0.25, 0.3) is 0 Å². The highest BCUT2D eigenvalue weighted by atomic mass is 79.9. The van der Waals surface area contributed by atoms with Crippen LogP contribution < -0.4 is 5.32 Å². The molecule has 0 atom stereocenters. The van der Waals surface area contributed by atoms with Gasteiger partial charge in [-0.1, -0.05) is 13.8 Å². The lowest BCUT2D eigenvalue weighted by Gasteiger charge is -2.17. The van der Waals surface area contributed by atoms with Gasteiger partial charge in [0.15, 0.2) is 0 Å². The zero-order chi connectivity index (χ0) is 12.7. The molecular formula is C12H21BrN4. The molecule has 0 spiro atoms. The molecule has 0 bridgehead atoms. The van der Waals surface area contributed by atoms with Gasteiger partial charge in [-0.15, -0.1) is 0 Å². The van der Waals surface area contributed by atoms with Crippen molar-refractivity contribution in [1.29, 1.82) is 0 Å². The number of hydrogen-bond acceptors (Lipinski definition) is 4. The molecule has 1 rings (SSSR count). The number of nitrogens with zero attached hydrogens (tertiary/aromatic N) is 3. The Balaban J connectivity index is 2.31. The molecule has 96 valence electrons. The standard InChI is InChI=1S/C12H21BrN4/c1-4-17(5-2)8-6-7-14-12-9-11(13)15-10(3)16-12/h9H,4-8H2,1-3H3,(H,14,15,16). The minimum atomic E-state index is 0.783. The van der Waals surface area contributed by atoms with Crippen LogP contribution in [0.5, 0.6) is 0 Å². The molecule has 1 N–H and O–H groups in total. The van der Waals surface area contributed by atoms with Crippen molar-refractivity contribution >= 4 is 21.7 Å². The lowest BCUT2D eigenvalue weighted by atomic mass is 10.3. The Morgan fingerprint density at radius 3 is 2.59 bits per heavy atom. The van der Waals surface area contributed by atoms with Crippen molar-refractivity contribution in [2.45, 2.75) is 27.2 Å². The molecule has 1 aromatic heterocycles. The number of anilines is 1. The van der Waals surface area contributed by atoms with Gasteiger partial charge in [-0.05, 0) is 48.9 Å². The Hall–Kier alpha value is -0.680. The van der Waals surface area contributed by atoms with Crippen LogP contribution in [-0.2, 0) is 0 Å². The summed E-state index contributed by atoms with van der Waals surface area (Å²) in [5.41, 5.74) is 0. The molecule has 0 aliphatic rings. The van der Waals surface area contributed by atoms with Crippen molar-refractivity contribution in [2.24, 2.45) is 0 Å². The molecule has 0 fully saturated rings. The van der Waals surface area contributed by atoms with E-state index in [2.05, 4.69) is 50.0 Å². The van der Waals surface area contributed by atoms with E-state index in [0.29, 0.717) is 0 Å². The minimum Gasteiger partial charge on any atom is -0.370 e. The zero-order valence-electron chi connectivity index (χ0n) is 10.8. The van der Waals surface area contributed by atoms with Gasteiger partial charge in [-0.2, -0.15) is 0 Å². The van der Waals surface area contributed by atoms with Gasteiger partial charge < -0.3 is 10.2 Å². The van der Waals surface area contributed by atoms with Crippen LogP contribution in [0.15, 0.2) is 10.7 Å². The van der Waals surface area contributed by atoms with Crippen LogP contribution in [0, 0.1) is 6.92 Å². The second-order valence-corrected chi connectivity index (χ2v) is 4.74. The van der Waals surface area contributed by atoms with E-state index in [0.717, 1.165) is 48.8 Å². The van der Waals surface area contributed by atoms with Gasteiger partial charge in [0.2, 0.25) is 0 Å². The van der Waals surface area contributed by atoms with Gasteiger partial charge >= 0.3 is 0 Å². The third kappa shape index (κ3) is 5.46. The summed E-state index contributed by atoms with van der Waals surface area (Å²) in [4.78, 5) is 10.9. The molecule has 0 aliphatic heterocycles. The molecule has 1 aromatic rings. The van der Waals surface area contributed by atoms with Crippen molar-refractivity contribution in [2.75, 3.05) is 31.5 Å². The van der Waals surface area contributed by atoms with Crippen molar-refractivity contribution in [3.63, 3.8) is 0 Å². The maximum atomic E-state index is 4.33. The van der Waals surface area contributed by atoms with Gasteiger partial charge in [-0.3, -0.25) is 0 Å². The molecule has 17 heavy (non-hydrogen) atoms. The third-order valence-electron chi connectivity index (χ3n) is 2.66. The lowest BCUT2D eigenvalue weighted by molar-refractivity contribution is 0.303. The molecule has 5 heteroatoms. The molecular weight excluding hydrogens is 280 g/mol. The van der Waals surface area contributed by atoms with E-state index in [9.17, 15) is 0 Å². The number of hydrogen-bond donors (Lipinski definition) is 1. The summed E-state index contributed by atoms with van der Waals surface area (Å²) >= 11 is 3.37. The Morgan fingerprint density at radius 2 is 2.00 bits per heavy atom. The molecule has 1 heterocycles. The van der Waals surface area contributed by atoms with Crippen LogP contribution in [0.3, 0.4) is 0 Å². The normalized spacial score (nSPS) is 10.9. The fraction of sp³-hybridized carbons (Fsp3) is 0.667. The van der Waals surface area contributed by atoms with Gasteiger partial charge in [0, 0.05) is 12.6 Å². The summed E-state index contributed by atoms with van der Waals surface area (Å²) in [6.07, 6.45) is 1.13. The quantitative estimate of drug-likeness (QED) is 0.621. The van der Waals surface area contributed by atoms with E-state index < -0.39 is 0 Å². The SMILES string of the molecule is CCN(CC)CCCNc1cc(Br)nc(C)n1. The topological polar surface area (TPSA) is 41.0 Å². The van der Waals surface area contributed by atoms with E-state index >= 15 is 0 Å². The monoisotopic (exact) mass is 300 g/mol. The Labute approximate surface area is 112 Å². The number of aromatic nitrogens is 2. The van der Waals surface area contributed by atoms with Crippen molar-refractivity contribution in [1.82, 2.24) is 14.9 Å². The van der Waals surface area contributed by atoms with Crippen LogP contribution in [-0.4, -0.2) is 41.0 Å². The van der Waals surface area contributed by atoms with E-state index in [1.54, 1.807) is 0 Å². The van der Waals surface area contributed by atoms with E-state index in [1.165, 1.54) is 0 Å². The van der Waals surface area contributed by atoms with Crippen LogP contribution in [0.1, 0.15) is 26.1 Å². The Kier molecular flexibility index (Phi) is 6.44. The highest BCUT2D eigenvalue weighted by Crippen LogP contribution is 2.11. The van der Waals surface area contributed by atoms with Crippen LogP contribution in [0.25, 0.3) is 0 Å². The average Bonchev–Trinajstić information content (AvgIpc) is 2.28. The molecule has 0 aromatic carbocycles. The number of halogens is 1. The fourth-order valence-electron chi connectivity index (χ4n) is 1.68. The molecule has 0 saturated heterocycles. The van der Waals surface area contributed by atoms with Crippen molar-refractivity contribution in [3.05, 3.63) is 16.5 Å². The summed E-state index contributed by atoms with van der Waals surface area (Å²) in [5, 5.41) is 3.32. The first-order valence-electron chi connectivity index (χ1n) is 6.13. The summed E-state index contributed by atoms with van der Waals surface area (Å²) in [5.74, 6) is 1.68. The zero-order valence-corrected chi connectivity index (χ0v) is 12.4. The van der Waals surface area contributed by atoms with Crippen LogP contribution in [0.4, 0.5) is 5.82 Å². The largest absolute Gasteiger partial charge is 0.370 e. The van der Waals surface area contributed by atoms with Crippen molar-refractivity contribution < 1.29 is 0 Å². The van der Waals surface area contributed by atoms with Crippen LogP contribution >= 0.6 is 15.9 Å². The third-order valence-corrected chi connectivity index (χ3v) is 3.06. The first-order chi connectivity index (χ1) is 8.15. The molecule has 0 unspecified atom stereocenters. The second-order valence-electron chi connectivity index (χ2n) is 3.93. The first-order valence-corrected chi connectivity index (χ1v) is 6.92. The van der Waals surface area contributed by atoms with Crippen molar-refractivity contribution in [3.8, 4) is 0 Å². The summed E-state index contributed by atoms with van der Waals surface area (Å²) < 4.78 is 0.830. The number of nitrogens with one attached hydrogen (secondary N) is 1. The average molecular weight is 301 g/mol. The first kappa shape index (κ1) is 14.4. The van der Waals surface area contributed by atoms with E-state index in [1.807, 2.05) is 13.0 Å². The number of aryl methyl sites for hydroxylation is 1. The number of rotatable bonds is 7. The lowest BCUT2D eigenvalue weighted by Crippen LogP contribution is -2.25. The Bertz CT molecular complexity index is 319.